The first-order chi connectivity index (χ1) is 15.7. The summed E-state index contributed by atoms with van der Waals surface area (Å²) in [6, 6.07) is 11.1. The number of benzene rings is 2. The molecule has 2 aliphatic rings. The predicted octanol–water partition coefficient (Wildman–Crippen LogP) is 4.02. The third-order valence-electron chi connectivity index (χ3n) is 6.26. The summed E-state index contributed by atoms with van der Waals surface area (Å²) in [4.78, 5) is 17.1. The van der Waals surface area contributed by atoms with Gasteiger partial charge in [0.1, 0.15) is 5.82 Å². The molecule has 2 aliphatic heterocycles. The van der Waals surface area contributed by atoms with Crippen LogP contribution >= 0.6 is 23.2 Å². The van der Waals surface area contributed by atoms with Crippen LogP contribution in [0.5, 0.6) is 0 Å². The van der Waals surface area contributed by atoms with E-state index in [-0.39, 0.29) is 29.9 Å². The van der Waals surface area contributed by atoms with Gasteiger partial charge >= 0.3 is 0 Å². The second-order valence-corrected chi connectivity index (χ2v) is 11.3. The molecule has 33 heavy (non-hydrogen) atoms. The number of rotatable bonds is 5. The van der Waals surface area contributed by atoms with Gasteiger partial charge < -0.3 is 9.80 Å². The lowest BCUT2D eigenvalue weighted by atomic mass is 9.97. The molecule has 6 nitrogen and oxygen atoms in total. The SMILES string of the molecule is O=C([C@@H]1CCCN(S(=O)(=O)Cc2ccc(Cl)cc2Cl)C1)N1CCN(c2ccc(F)cc2)CC1. The minimum Gasteiger partial charge on any atom is -0.368 e. The zero-order valence-electron chi connectivity index (χ0n) is 18.1. The Hall–Kier alpha value is -1.87. The van der Waals surface area contributed by atoms with Gasteiger partial charge in [0.25, 0.3) is 0 Å². The number of piperidine rings is 1. The highest BCUT2D eigenvalue weighted by Gasteiger charge is 2.35. The number of carbonyl (C=O) groups is 1. The van der Waals surface area contributed by atoms with Gasteiger partial charge in [0.15, 0.2) is 0 Å². The molecular formula is C23H26Cl2FN3O3S. The summed E-state index contributed by atoms with van der Waals surface area (Å²) in [7, 11) is -3.62. The van der Waals surface area contributed by atoms with Crippen LogP contribution in [0.4, 0.5) is 10.1 Å². The smallest absolute Gasteiger partial charge is 0.227 e. The molecule has 1 amide bonds. The Morgan fingerprint density at radius 1 is 1.00 bits per heavy atom. The summed E-state index contributed by atoms with van der Waals surface area (Å²) >= 11 is 12.1. The van der Waals surface area contributed by atoms with Crippen LogP contribution in [0.25, 0.3) is 0 Å². The number of halogens is 3. The van der Waals surface area contributed by atoms with Crippen molar-refractivity contribution in [2.75, 3.05) is 44.2 Å². The lowest BCUT2D eigenvalue weighted by Crippen LogP contribution is -2.53. The average molecular weight is 514 g/mol. The number of amides is 1. The second kappa shape index (κ2) is 10.2. The number of hydrogen-bond donors (Lipinski definition) is 0. The lowest BCUT2D eigenvalue weighted by Gasteiger charge is -2.39. The van der Waals surface area contributed by atoms with Crippen LogP contribution in [-0.4, -0.2) is 62.8 Å². The van der Waals surface area contributed by atoms with Gasteiger partial charge in [-0.05, 0) is 54.8 Å². The van der Waals surface area contributed by atoms with Crippen LogP contribution < -0.4 is 4.90 Å². The van der Waals surface area contributed by atoms with E-state index in [1.807, 2.05) is 4.90 Å². The fourth-order valence-corrected chi connectivity index (χ4v) is 6.61. The van der Waals surface area contributed by atoms with Crippen LogP contribution in [0.2, 0.25) is 10.0 Å². The minimum atomic E-state index is -3.62. The molecule has 2 saturated heterocycles. The first-order valence-corrected chi connectivity index (χ1v) is 13.3. The van der Waals surface area contributed by atoms with Crippen molar-refractivity contribution in [2.24, 2.45) is 5.92 Å². The molecule has 0 saturated carbocycles. The van der Waals surface area contributed by atoms with Gasteiger partial charge in [0.05, 0.1) is 11.7 Å². The Bertz CT molecular complexity index is 1110. The summed E-state index contributed by atoms with van der Waals surface area (Å²) < 4.78 is 40.7. The second-order valence-electron chi connectivity index (χ2n) is 8.48. The maximum absolute atomic E-state index is 13.2. The predicted molar refractivity (Wildman–Crippen MR) is 129 cm³/mol. The Morgan fingerprint density at radius 3 is 2.36 bits per heavy atom. The van der Waals surface area contributed by atoms with Gasteiger partial charge in [-0.15, -0.1) is 0 Å². The van der Waals surface area contributed by atoms with E-state index in [1.54, 1.807) is 24.3 Å². The molecule has 2 heterocycles. The first kappa shape index (κ1) is 24.3. The number of anilines is 1. The first-order valence-electron chi connectivity index (χ1n) is 10.9. The van der Waals surface area contributed by atoms with E-state index in [0.29, 0.717) is 61.2 Å². The fourth-order valence-electron chi connectivity index (χ4n) is 4.42. The Morgan fingerprint density at radius 2 is 1.70 bits per heavy atom. The van der Waals surface area contributed by atoms with Crippen molar-refractivity contribution < 1.29 is 17.6 Å². The van der Waals surface area contributed by atoms with E-state index in [1.165, 1.54) is 22.5 Å². The highest BCUT2D eigenvalue weighted by Crippen LogP contribution is 2.27. The molecule has 2 aromatic rings. The van der Waals surface area contributed by atoms with Crippen molar-refractivity contribution in [1.82, 2.24) is 9.21 Å². The summed E-state index contributed by atoms with van der Waals surface area (Å²) in [5.41, 5.74) is 1.42. The zero-order valence-corrected chi connectivity index (χ0v) is 20.4. The summed E-state index contributed by atoms with van der Waals surface area (Å²) in [6.07, 6.45) is 1.31. The highest BCUT2D eigenvalue weighted by atomic mass is 35.5. The van der Waals surface area contributed by atoms with Crippen molar-refractivity contribution in [3.8, 4) is 0 Å². The lowest BCUT2D eigenvalue weighted by molar-refractivity contribution is -0.137. The standard InChI is InChI=1S/C23H26Cl2FN3O3S/c24-19-4-3-18(22(25)14-19)16-33(31,32)29-9-1-2-17(15-29)23(30)28-12-10-27(11-13-28)21-7-5-20(26)6-8-21/h3-8,14,17H,1-2,9-13,15-16H2/t17-/m1/s1. The quantitative estimate of drug-likeness (QED) is 0.605. The van der Waals surface area contributed by atoms with Crippen molar-refractivity contribution in [1.29, 1.82) is 0 Å². The minimum absolute atomic E-state index is 0.00168. The van der Waals surface area contributed by atoms with Gasteiger partial charge in [-0.25, -0.2) is 17.1 Å². The Kier molecular flexibility index (Phi) is 7.48. The summed E-state index contributed by atoms with van der Waals surface area (Å²) in [6.45, 7) is 3.00. The van der Waals surface area contributed by atoms with Crippen LogP contribution in [0.3, 0.4) is 0 Å². The van der Waals surface area contributed by atoms with E-state index >= 15 is 0 Å². The van der Waals surface area contributed by atoms with E-state index < -0.39 is 10.0 Å². The molecule has 2 aromatic carbocycles. The van der Waals surface area contributed by atoms with Gasteiger partial charge in [-0.3, -0.25) is 4.79 Å². The maximum Gasteiger partial charge on any atom is 0.227 e. The molecule has 10 heteroatoms. The molecule has 0 radical (unpaired) electrons. The van der Waals surface area contributed by atoms with Crippen LogP contribution in [-0.2, 0) is 20.6 Å². The number of nitrogens with zero attached hydrogens (tertiary/aromatic N) is 3. The largest absolute Gasteiger partial charge is 0.368 e. The van der Waals surface area contributed by atoms with Crippen LogP contribution in [0, 0.1) is 11.7 Å². The Labute approximate surface area is 203 Å². The van der Waals surface area contributed by atoms with Crippen molar-refractivity contribution in [3.63, 3.8) is 0 Å². The molecule has 1 atom stereocenters. The van der Waals surface area contributed by atoms with Crippen molar-refractivity contribution in [2.45, 2.75) is 18.6 Å². The summed E-state index contributed by atoms with van der Waals surface area (Å²) in [5.74, 6) is -0.854. The molecule has 178 valence electrons. The van der Waals surface area contributed by atoms with E-state index in [2.05, 4.69) is 4.90 Å². The fraction of sp³-hybridized carbons (Fsp3) is 0.435. The monoisotopic (exact) mass is 513 g/mol. The Balaban J connectivity index is 1.36. The molecule has 0 bridgehead atoms. The average Bonchev–Trinajstić information content (AvgIpc) is 2.81. The molecule has 4 rings (SSSR count). The topological polar surface area (TPSA) is 60.9 Å². The van der Waals surface area contributed by atoms with E-state index in [4.69, 9.17) is 23.2 Å². The molecule has 2 fully saturated rings. The van der Waals surface area contributed by atoms with E-state index in [9.17, 15) is 17.6 Å². The van der Waals surface area contributed by atoms with Crippen LogP contribution in [0.15, 0.2) is 42.5 Å². The highest BCUT2D eigenvalue weighted by molar-refractivity contribution is 7.88. The molecule has 0 aliphatic carbocycles. The third-order valence-corrected chi connectivity index (χ3v) is 8.64. The van der Waals surface area contributed by atoms with Gasteiger partial charge in [0, 0.05) is 55.0 Å². The summed E-state index contributed by atoms with van der Waals surface area (Å²) in [5, 5.41) is 0.763. The molecule has 0 aromatic heterocycles. The normalized spacial score (nSPS) is 20.2. The number of hydrogen-bond acceptors (Lipinski definition) is 4. The van der Waals surface area contributed by atoms with Crippen LogP contribution in [0.1, 0.15) is 18.4 Å². The molecular weight excluding hydrogens is 488 g/mol. The van der Waals surface area contributed by atoms with Gasteiger partial charge in [0.2, 0.25) is 15.9 Å². The van der Waals surface area contributed by atoms with E-state index in [0.717, 1.165) is 5.69 Å². The number of carbonyl (C=O) groups excluding carboxylic acids is 1. The van der Waals surface area contributed by atoms with Gasteiger partial charge in [-0.1, -0.05) is 29.3 Å². The number of sulfonamides is 1. The zero-order chi connectivity index (χ0) is 23.6. The maximum atomic E-state index is 13.2. The van der Waals surface area contributed by atoms with Crippen molar-refractivity contribution in [3.05, 3.63) is 63.9 Å². The van der Waals surface area contributed by atoms with Gasteiger partial charge in [-0.2, -0.15) is 0 Å². The third kappa shape index (κ3) is 5.80. The molecule has 0 unspecified atom stereocenters. The van der Waals surface area contributed by atoms with Crippen molar-refractivity contribution >= 4 is 44.8 Å². The number of piperazine rings is 1. The molecule has 0 spiro atoms. The molecule has 0 N–H and O–H groups in total.